The van der Waals surface area contributed by atoms with Gasteiger partial charge in [0.15, 0.2) is 17.5 Å². The quantitative estimate of drug-likeness (QED) is 0.494. The van der Waals surface area contributed by atoms with Crippen molar-refractivity contribution in [3.8, 4) is 11.5 Å². The number of carbonyl (C=O) groups excluding carboxylic acids is 3. The van der Waals surface area contributed by atoms with E-state index in [0.29, 0.717) is 27.8 Å². The maximum atomic E-state index is 13.6. The van der Waals surface area contributed by atoms with E-state index in [1.54, 1.807) is 47.8 Å². The Morgan fingerprint density at radius 3 is 2.63 bits per heavy atom. The van der Waals surface area contributed by atoms with Gasteiger partial charge in [-0.25, -0.2) is 0 Å². The first-order chi connectivity index (χ1) is 17.1. The first-order valence-corrected chi connectivity index (χ1v) is 12.4. The molecule has 0 spiro atoms. The molecular weight excluding hydrogens is 470 g/mol. The van der Waals surface area contributed by atoms with Crippen LogP contribution in [0.4, 0.5) is 5.69 Å². The summed E-state index contributed by atoms with van der Waals surface area (Å²) in [5, 5.41) is 7.53. The van der Waals surface area contributed by atoms with Crippen LogP contribution in [-0.4, -0.2) is 37.1 Å². The van der Waals surface area contributed by atoms with Crippen molar-refractivity contribution in [2.45, 2.75) is 37.8 Å². The number of amides is 3. The van der Waals surface area contributed by atoms with Crippen LogP contribution in [0, 0.1) is 0 Å². The molecule has 2 N–H and O–H groups in total. The number of nitrogens with one attached hydrogen (secondary N) is 2. The van der Waals surface area contributed by atoms with Gasteiger partial charge in [0.25, 0.3) is 11.8 Å². The van der Waals surface area contributed by atoms with E-state index < -0.39 is 11.9 Å². The Bertz CT molecular complexity index is 1190. The molecule has 2 aromatic heterocycles. The molecule has 182 valence electrons. The Labute approximate surface area is 206 Å². The topological polar surface area (TPSA) is 110 Å². The zero-order valence-corrected chi connectivity index (χ0v) is 19.7. The summed E-state index contributed by atoms with van der Waals surface area (Å²) in [4.78, 5) is 41.5. The summed E-state index contributed by atoms with van der Waals surface area (Å²) in [7, 11) is 0. The number of fused-ring (bicyclic) bond motifs is 1. The van der Waals surface area contributed by atoms with Crippen molar-refractivity contribution in [3.05, 3.63) is 64.7 Å². The lowest BCUT2D eigenvalue weighted by molar-refractivity contribution is -0.127. The molecule has 3 heterocycles. The number of benzene rings is 1. The number of anilines is 1. The van der Waals surface area contributed by atoms with Gasteiger partial charge in [0.1, 0.15) is 5.76 Å². The van der Waals surface area contributed by atoms with E-state index in [2.05, 4.69) is 10.6 Å². The summed E-state index contributed by atoms with van der Waals surface area (Å²) in [6.45, 7) is -0.230. The lowest BCUT2D eigenvalue weighted by atomic mass is 10.1. The lowest BCUT2D eigenvalue weighted by Crippen LogP contribution is -2.49. The molecule has 3 aromatic rings. The van der Waals surface area contributed by atoms with Crippen LogP contribution in [0.15, 0.2) is 58.5 Å². The molecule has 1 saturated carbocycles. The number of ether oxygens (including phenoxy) is 2. The molecule has 0 saturated heterocycles. The van der Waals surface area contributed by atoms with Gasteiger partial charge in [-0.3, -0.25) is 19.3 Å². The molecule has 9 nitrogen and oxygen atoms in total. The van der Waals surface area contributed by atoms with Crippen LogP contribution in [0.3, 0.4) is 0 Å². The number of hydrogen-bond acceptors (Lipinski definition) is 7. The molecule has 2 aliphatic rings. The Hall–Kier alpha value is -3.79. The van der Waals surface area contributed by atoms with E-state index in [9.17, 15) is 14.4 Å². The van der Waals surface area contributed by atoms with E-state index in [0.717, 1.165) is 25.7 Å². The van der Waals surface area contributed by atoms with Crippen LogP contribution >= 0.6 is 11.3 Å². The van der Waals surface area contributed by atoms with Gasteiger partial charge < -0.3 is 24.5 Å². The van der Waals surface area contributed by atoms with Crippen molar-refractivity contribution in [1.29, 1.82) is 0 Å². The maximum absolute atomic E-state index is 13.6. The highest BCUT2D eigenvalue weighted by molar-refractivity contribution is 7.12. The monoisotopic (exact) mass is 495 g/mol. The van der Waals surface area contributed by atoms with Crippen LogP contribution in [-0.2, 0) is 9.59 Å². The molecular formula is C25H25N3O6S. The Morgan fingerprint density at radius 2 is 1.89 bits per heavy atom. The summed E-state index contributed by atoms with van der Waals surface area (Å²) in [6, 6.07) is 10.8. The van der Waals surface area contributed by atoms with Crippen LogP contribution in [0.5, 0.6) is 11.5 Å². The van der Waals surface area contributed by atoms with Crippen molar-refractivity contribution in [2.75, 3.05) is 18.2 Å². The van der Waals surface area contributed by atoms with Gasteiger partial charge in [0.05, 0.1) is 17.7 Å². The standard InChI is InChI=1S/C25H25N3O6S/c29-22(14-26-24(30)21-8-4-12-35-21)28(17-9-10-18-20(13-17)34-15-33-18)23(19-7-3-11-32-19)25(31)27-16-5-1-2-6-16/h3-4,7-13,16,23H,1-2,5-6,14-15H2,(H,26,30)(H,27,31)/t23-/m0/s1. The highest BCUT2D eigenvalue weighted by Crippen LogP contribution is 2.38. The van der Waals surface area contributed by atoms with E-state index >= 15 is 0 Å². The summed E-state index contributed by atoms with van der Waals surface area (Å²) in [5.74, 6) is 0.161. The van der Waals surface area contributed by atoms with Crippen LogP contribution in [0.2, 0.25) is 0 Å². The minimum absolute atomic E-state index is 0.0483. The molecule has 0 bridgehead atoms. The number of thiophene rings is 1. The van der Waals surface area contributed by atoms with Gasteiger partial charge in [0, 0.05) is 17.8 Å². The van der Waals surface area contributed by atoms with Crippen LogP contribution < -0.4 is 25.0 Å². The zero-order valence-electron chi connectivity index (χ0n) is 18.9. The van der Waals surface area contributed by atoms with Crippen molar-refractivity contribution in [3.63, 3.8) is 0 Å². The number of furan rings is 1. The summed E-state index contributed by atoms with van der Waals surface area (Å²) in [5.41, 5.74) is 0.424. The second-order valence-electron chi connectivity index (χ2n) is 8.37. The molecule has 0 radical (unpaired) electrons. The fraction of sp³-hybridized carbons (Fsp3) is 0.320. The summed E-state index contributed by atoms with van der Waals surface area (Å²) >= 11 is 1.28. The number of nitrogens with zero attached hydrogens (tertiary/aromatic N) is 1. The highest BCUT2D eigenvalue weighted by atomic mass is 32.1. The predicted octanol–water partition coefficient (Wildman–Crippen LogP) is 3.63. The predicted molar refractivity (Wildman–Crippen MR) is 129 cm³/mol. The SMILES string of the molecule is O=C(NCC(=O)N(c1ccc2c(c1)OCO2)[C@H](C(=O)NC1CCCC1)c1ccco1)c1cccs1. The third-order valence-electron chi connectivity index (χ3n) is 6.07. The van der Waals surface area contributed by atoms with E-state index in [1.165, 1.54) is 22.5 Å². The fourth-order valence-corrected chi connectivity index (χ4v) is 5.02. The number of carbonyl (C=O) groups is 3. The summed E-state index contributed by atoms with van der Waals surface area (Å²) in [6.07, 6.45) is 5.36. The van der Waals surface area contributed by atoms with Gasteiger partial charge in [-0.05, 0) is 48.6 Å². The first-order valence-electron chi connectivity index (χ1n) is 11.5. The van der Waals surface area contributed by atoms with Crippen molar-refractivity contribution in [2.24, 2.45) is 0 Å². The minimum Gasteiger partial charge on any atom is -0.467 e. The van der Waals surface area contributed by atoms with E-state index in [4.69, 9.17) is 13.9 Å². The number of hydrogen-bond donors (Lipinski definition) is 2. The maximum Gasteiger partial charge on any atom is 0.261 e. The van der Waals surface area contributed by atoms with E-state index in [-0.39, 0.29) is 31.2 Å². The van der Waals surface area contributed by atoms with Crippen molar-refractivity contribution in [1.82, 2.24) is 10.6 Å². The minimum atomic E-state index is -1.07. The van der Waals surface area contributed by atoms with Gasteiger partial charge >= 0.3 is 0 Å². The molecule has 1 fully saturated rings. The fourth-order valence-electron chi connectivity index (χ4n) is 4.38. The Kier molecular flexibility index (Phi) is 6.71. The molecule has 5 rings (SSSR count). The second kappa shape index (κ2) is 10.2. The van der Waals surface area contributed by atoms with E-state index in [1.807, 2.05) is 0 Å². The molecule has 1 aliphatic carbocycles. The lowest BCUT2D eigenvalue weighted by Gasteiger charge is -2.31. The molecule has 0 unspecified atom stereocenters. The molecule has 35 heavy (non-hydrogen) atoms. The van der Waals surface area contributed by atoms with Gasteiger partial charge in [-0.1, -0.05) is 18.9 Å². The highest BCUT2D eigenvalue weighted by Gasteiger charge is 2.37. The third kappa shape index (κ3) is 5.02. The summed E-state index contributed by atoms with van der Waals surface area (Å²) < 4.78 is 16.5. The largest absolute Gasteiger partial charge is 0.467 e. The van der Waals surface area contributed by atoms with Crippen molar-refractivity contribution >= 4 is 34.7 Å². The molecule has 10 heteroatoms. The average molecular weight is 496 g/mol. The Balaban J connectivity index is 1.46. The molecule has 1 atom stereocenters. The van der Waals surface area contributed by atoms with Gasteiger partial charge in [-0.2, -0.15) is 0 Å². The second-order valence-corrected chi connectivity index (χ2v) is 9.32. The van der Waals surface area contributed by atoms with Crippen molar-refractivity contribution < 1.29 is 28.3 Å². The van der Waals surface area contributed by atoms with Gasteiger partial charge in [-0.15, -0.1) is 11.3 Å². The van der Waals surface area contributed by atoms with Crippen LogP contribution in [0.1, 0.15) is 47.2 Å². The molecule has 3 amide bonds. The average Bonchev–Trinajstić information content (AvgIpc) is 3.68. The van der Waals surface area contributed by atoms with Crippen LogP contribution in [0.25, 0.3) is 0 Å². The van der Waals surface area contributed by atoms with Gasteiger partial charge in [0.2, 0.25) is 12.7 Å². The first kappa shape index (κ1) is 23.0. The molecule has 1 aromatic carbocycles. The zero-order chi connectivity index (χ0) is 24.2. The normalized spacial score (nSPS) is 15.5. The molecule has 1 aliphatic heterocycles. The third-order valence-corrected chi connectivity index (χ3v) is 6.94. The smallest absolute Gasteiger partial charge is 0.261 e. The number of rotatable bonds is 8. The Morgan fingerprint density at radius 1 is 1.06 bits per heavy atom.